The molecule has 0 fully saturated rings. The Kier molecular flexibility index (Phi) is 4.01. The zero-order valence-electron chi connectivity index (χ0n) is 9.91. The first-order valence-electron chi connectivity index (χ1n) is 5.24. The molecule has 1 unspecified atom stereocenters. The molecular weight excluding hydrogens is 249 g/mol. The largest absolute Gasteiger partial charge is 0.465 e. The second-order valence-corrected chi connectivity index (χ2v) is 3.78. The number of ether oxygens (including phenoxy) is 1. The number of rotatable bonds is 3. The van der Waals surface area contributed by atoms with Crippen molar-refractivity contribution in [2.75, 3.05) is 7.11 Å². The van der Waals surface area contributed by atoms with Crippen LogP contribution in [0.25, 0.3) is 0 Å². The summed E-state index contributed by atoms with van der Waals surface area (Å²) >= 11 is 0. The van der Waals surface area contributed by atoms with E-state index in [1.807, 2.05) is 0 Å². The first-order chi connectivity index (χ1) is 8.26. The van der Waals surface area contributed by atoms with Crippen LogP contribution in [0.4, 0.5) is 13.2 Å². The molecule has 100 valence electrons. The van der Waals surface area contributed by atoms with Gasteiger partial charge in [-0.3, -0.25) is 0 Å². The van der Waals surface area contributed by atoms with Crippen molar-refractivity contribution in [1.29, 1.82) is 0 Å². The van der Waals surface area contributed by atoms with Crippen LogP contribution in [-0.2, 0) is 10.3 Å². The number of benzene rings is 1. The van der Waals surface area contributed by atoms with E-state index in [-0.39, 0.29) is 11.1 Å². The van der Waals surface area contributed by atoms with E-state index in [1.165, 1.54) is 26.2 Å². The van der Waals surface area contributed by atoms with Gasteiger partial charge in [0.25, 0.3) is 0 Å². The number of esters is 1. The molecule has 3 nitrogen and oxygen atoms in total. The van der Waals surface area contributed by atoms with Gasteiger partial charge in [0, 0.05) is 0 Å². The lowest BCUT2D eigenvalue weighted by atomic mass is 9.90. The summed E-state index contributed by atoms with van der Waals surface area (Å²) in [4.78, 5) is 11.1. The van der Waals surface area contributed by atoms with Crippen molar-refractivity contribution in [3.63, 3.8) is 0 Å². The van der Waals surface area contributed by atoms with E-state index in [2.05, 4.69) is 4.74 Å². The molecule has 0 spiro atoms. The summed E-state index contributed by atoms with van der Waals surface area (Å²) in [6.07, 6.45) is -5.28. The van der Waals surface area contributed by atoms with Gasteiger partial charge in [0.1, 0.15) is 0 Å². The fourth-order valence-corrected chi connectivity index (χ4v) is 1.57. The Balaban J connectivity index is 3.14. The molecule has 0 aromatic heterocycles. The molecule has 1 atom stereocenters. The molecule has 6 heteroatoms. The summed E-state index contributed by atoms with van der Waals surface area (Å²) in [5.74, 6) is -0.645. The third-order valence-electron chi connectivity index (χ3n) is 2.76. The van der Waals surface area contributed by atoms with E-state index < -0.39 is 24.2 Å². The highest BCUT2D eigenvalue weighted by atomic mass is 19.4. The molecule has 0 heterocycles. The first kappa shape index (κ1) is 14.5. The highest BCUT2D eigenvalue weighted by Crippen LogP contribution is 2.41. The van der Waals surface area contributed by atoms with E-state index in [9.17, 15) is 23.1 Å². The zero-order valence-corrected chi connectivity index (χ0v) is 9.91. The van der Waals surface area contributed by atoms with Crippen LogP contribution in [0.1, 0.15) is 29.3 Å². The first-order valence-corrected chi connectivity index (χ1v) is 5.24. The molecule has 0 saturated carbocycles. The molecule has 0 amide bonds. The fourth-order valence-electron chi connectivity index (χ4n) is 1.57. The predicted molar refractivity (Wildman–Crippen MR) is 58.0 cm³/mol. The van der Waals surface area contributed by atoms with Crippen molar-refractivity contribution in [2.24, 2.45) is 0 Å². The Hall–Kier alpha value is -1.56. The van der Waals surface area contributed by atoms with Gasteiger partial charge in [0.2, 0.25) is 0 Å². The molecule has 1 N–H and O–H groups in total. The van der Waals surface area contributed by atoms with E-state index in [0.717, 1.165) is 12.1 Å². The Morgan fingerprint density at radius 2 is 1.78 bits per heavy atom. The number of carbonyl (C=O) groups excluding carboxylic acids is 1. The predicted octanol–water partition coefficient (Wildman–Crippen LogP) is 2.63. The lowest BCUT2D eigenvalue weighted by Gasteiger charge is -2.29. The van der Waals surface area contributed by atoms with Crippen LogP contribution in [-0.4, -0.2) is 24.4 Å². The zero-order chi connectivity index (χ0) is 14.0. The van der Waals surface area contributed by atoms with Crippen molar-refractivity contribution in [3.8, 4) is 0 Å². The molecule has 1 aromatic rings. The van der Waals surface area contributed by atoms with Gasteiger partial charge in [-0.2, -0.15) is 13.2 Å². The highest BCUT2D eigenvalue weighted by Gasteiger charge is 2.53. The van der Waals surface area contributed by atoms with Gasteiger partial charge >= 0.3 is 12.1 Å². The Morgan fingerprint density at radius 1 is 1.28 bits per heavy atom. The minimum absolute atomic E-state index is 0.127. The van der Waals surface area contributed by atoms with Crippen LogP contribution in [0.2, 0.25) is 0 Å². The Bertz CT molecular complexity index is 425. The minimum Gasteiger partial charge on any atom is -0.465 e. The maximum absolute atomic E-state index is 12.8. The number of aliphatic hydroxyl groups is 1. The molecule has 0 aliphatic carbocycles. The average Bonchev–Trinajstić information content (AvgIpc) is 2.35. The summed E-state index contributed by atoms with van der Waals surface area (Å²) in [6.45, 7) is 1.24. The van der Waals surface area contributed by atoms with Gasteiger partial charge in [0.15, 0.2) is 5.60 Å². The van der Waals surface area contributed by atoms with Crippen molar-refractivity contribution in [2.45, 2.75) is 25.1 Å². The van der Waals surface area contributed by atoms with E-state index in [0.29, 0.717) is 0 Å². The number of halogens is 3. The monoisotopic (exact) mass is 262 g/mol. The molecular formula is C12H13F3O3. The molecule has 0 saturated heterocycles. The molecule has 18 heavy (non-hydrogen) atoms. The fraction of sp³-hybridized carbons (Fsp3) is 0.417. The van der Waals surface area contributed by atoms with Crippen molar-refractivity contribution in [3.05, 3.63) is 35.4 Å². The third kappa shape index (κ3) is 2.48. The number of alkyl halides is 3. The molecule has 0 aliphatic rings. The summed E-state index contributed by atoms with van der Waals surface area (Å²) < 4.78 is 42.8. The van der Waals surface area contributed by atoms with Crippen molar-refractivity contribution >= 4 is 5.97 Å². The number of hydrogen-bond acceptors (Lipinski definition) is 3. The summed E-state index contributed by atoms with van der Waals surface area (Å²) in [7, 11) is 1.17. The van der Waals surface area contributed by atoms with Crippen LogP contribution in [0.5, 0.6) is 0 Å². The number of carbonyl (C=O) groups is 1. The molecule has 0 aliphatic heterocycles. The van der Waals surface area contributed by atoms with Gasteiger partial charge in [-0.25, -0.2) is 4.79 Å². The standard InChI is InChI=1S/C12H13F3O3/c1-3-11(17,12(13,14)15)9-6-4-8(5-7-9)10(16)18-2/h4-7,17H,3H2,1-2H3. The number of hydrogen-bond donors (Lipinski definition) is 1. The van der Waals surface area contributed by atoms with Crippen LogP contribution in [0.3, 0.4) is 0 Å². The molecule has 0 bridgehead atoms. The summed E-state index contributed by atoms with van der Waals surface area (Å²) in [6, 6.07) is 4.52. The van der Waals surface area contributed by atoms with Gasteiger partial charge in [0.05, 0.1) is 12.7 Å². The smallest absolute Gasteiger partial charge is 0.421 e. The molecule has 1 aromatic carbocycles. The van der Waals surface area contributed by atoms with Crippen LogP contribution < -0.4 is 0 Å². The van der Waals surface area contributed by atoms with E-state index >= 15 is 0 Å². The van der Waals surface area contributed by atoms with Gasteiger partial charge in [-0.1, -0.05) is 19.1 Å². The molecule has 0 radical (unpaired) electrons. The van der Waals surface area contributed by atoms with E-state index in [1.54, 1.807) is 0 Å². The van der Waals surface area contributed by atoms with Gasteiger partial charge in [-0.15, -0.1) is 0 Å². The van der Waals surface area contributed by atoms with Crippen LogP contribution >= 0.6 is 0 Å². The Labute approximate surface area is 102 Å². The lowest BCUT2D eigenvalue weighted by molar-refractivity contribution is -0.267. The Morgan fingerprint density at radius 3 is 2.11 bits per heavy atom. The van der Waals surface area contributed by atoms with Gasteiger partial charge < -0.3 is 9.84 Å². The second kappa shape index (κ2) is 4.97. The van der Waals surface area contributed by atoms with Gasteiger partial charge in [-0.05, 0) is 24.1 Å². The minimum atomic E-state index is -4.77. The quantitative estimate of drug-likeness (QED) is 0.852. The van der Waals surface area contributed by atoms with Crippen LogP contribution in [0.15, 0.2) is 24.3 Å². The summed E-state index contributed by atoms with van der Waals surface area (Å²) in [5.41, 5.74) is -3.08. The maximum Gasteiger partial charge on any atom is 0.421 e. The highest BCUT2D eigenvalue weighted by molar-refractivity contribution is 5.89. The third-order valence-corrected chi connectivity index (χ3v) is 2.76. The van der Waals surface area contributed by atoms with Crippen molar-refractivity contribution in [1.82, 2.24) is 0 Å². The summed E-state index contributed by atoms with van der Waals surface area (Å²) in [5, 5.41) is 9.67. The van der Waals surface area contributed by atoms with Crippen molar-refractivity contribution < 1.29 is 27.8 Å². The maximum atomic E-state index is 12.8. The topological polar surface area (TPSA) is 46.5 Å². The van der Waals surface area contributed by atoms with Crippen LogP contribution in [0, 0.1) is 0 Å². The SMILES string of the molecule is CCC(O)(c1ccc(C(=O)OC)cc1)C(F)(F)F. The average molecular weight is 262 g/mol. The normalized spacial score (nSPS) is 15.0. The molecule has 1 rings (SSSR count). The van der Waals surface area contributed by atoms with E-state index in [4.69, 9.17) is 0 Å². The lowest BCUT2D eigenvalue weighted by Crippen LogP contribution is -2.41. The second-order valence-electron chi connectivity index (χ2n) is 3.78. The number of methoxy groups -OCH3 is 1.